The minimum Gasteiger partial charge on any atom is -0.292 e. The predicted molar refractivity (Wildman–Crippen MR) is 120 cm³/mol. The topological polar surface area (TPSA) is 149 Å². The van der Waals surface area contributed by atoms with E-state index in [0.717, 1.165) is 12.1 Å². The highest BCUT2D eigenvalue weighted by atomic mass is 35.5. The second-order valence-electron chi connectivity index (χ2n) is 6.85. The number of ketones is 2. The van der Waals surface area contributed by atoms with Gasteiger partial charge in [-0.15, -0.1) is 11.6 Å². The van der Waals surface area contributed by atoms with Crippen LogP contribution < -0.4 is 4.72 Å². The zero-order valence-electron chi connectivity index (χ0n) is 16.5. The van der Waals surface area contributed by atoms with E-state index in [0.29, 0.717) is 0 Å². The van der Waals surface area contributed by atoms with Gasteiger partial charge in [0.1, 0.15) is 16.9 Å². The summed E-state index contributed by atoms with van der Waals surface area (Å²) < 4.78 is 27.4. The number of nitro groups is 1. The summed E-state index contributed by atoms with van der Waals surface area (Å²) in [5.74, 6) is -1.19. The van der Waals surface area contributed by atoms with E-state index in [1.165, 1.54) is 42.6 Å². The number of halogens is 1. The van der Waals surface area contributed by atoms with E-state index in [1.54, 1.807) is 12.1 Å². The lowest BCUT2D eigenvalue weighted by Crippen LogP contribution is -2.38. The van der Waals surface area contributed by atoms with Gasteiger partial charge in [-0.2, -0.15) is 0 Å². The number of hydrogen-bond donors (Lipinski definition) is 1. The molecule has 2 aromatic carbocycles. The minimum atomic E-state index is -3.92. The van der Waals surface area contributed by atoms with Gasteiger partial charge in [0.2, 0.25) is 5.78 Å². The standard InChI is InChI=1S/C21H13ClN4O6S/c22-18-19(21(28)16-11-13(26(29)30)6-9-15(16)20(18)27)24-12-4-7-14(8-5-12)33(31,32)25-17-3-1-2-10-23-17/h1-11,18H,(H,23,25). The Morgan fingerprint density at radius 3 is 2.39 bits per heavy atom. The molecule has 3 aromatic rings. The Kier molecular flexibility index (Phi) is 5.75. The molecule has 4 rings (SSSR count). The van der Waals surface area contributed by atoms with Gasteiger partial charge in [0.15, 0.2) is 5.78 Å². The second-order valence-corrected chi connectivity index (χ2v) is 8.97. The van der Waals surface area contributed by atoms with Crippen LogP contribution in [0.5, 0.6) is 0 Å². The Labute approximate surface area is 192 Å². The Balaban J connectivity index is 1.65. The molecule has 0 saturated carbocycles. The van der Waals surface area contributed by atoms with Crippen LogP contribution in [0.3, 0.4) is 0 Å². The average Bonchev–Trinajstić information content (AvgIpc) is 2.80. The number of pyridine rings is 1. The van der Waals surface area contributed by atoms with Crippen molar-refractivity contribution in [2.24, 2.45) is 4.99 Å². The molecular formula is C21H13ClN4O6S. The summed E-state index contributed by atoms with van der Waals surface area (Å²) in [6, 6.07) is 13.3. The summed E-state index contributed by atoms with van der Waals surface area (Å²) in [5.41, 5.74) is -0.674. The summed E-state index contributed by atoms with van der Waals surface area (Å²) in [5, 5.41) is 9.65. The maximum Gasteiger partial charge on any atom is 0.270 e. The van der Waals surface area contributed by atoms with Crippen LogP contribution in [-0.4, -0.2) is 41.0 Å². The fourth-order valence-electron chi connectivity index (χ4n) is 3.13. The van der Waals surface area contributed by atoms with Gasteiger partial charge < -0.3 is 0 Å². The number of alkyl halides is 1. The highest BCUT2D eigenvalue weighted by Gasteiger charge is 2.38. The van der Waals surface area contributed by atoms with Crippen molar-refractivity contribution in [3.63, 3.8) is 0 Å². The first-order valence-electron chi connectivity index (χ1n) is 9.31. The maximum absolute atomic E-state index is 12.9. The first kappa shape index (κ1) is 22.2. The molecule has 0 amide bonds. The lowest BCUT2D eigenvalue weighted by atomic mass is 9.87. The Bertz CT molecular complexity index is 1420. The van der Waals surface area contributed by atoms with Crippen LogP contribution in [0.4, 0.5) is 17.2 Å². The SMILES string of the molecule is O=C1C(=Nc2ccc(S(=O)(=O)Nc3ccccn3)cc2)C(Cl)C(=O)c2ccc([N+](=O)[O-])cc21. The molecule has 166 valence electrons. The van der Waals surface area contributed by atoms with Crippen LogP contribution >= 0.6 is 11.6 Å². The van der Waals surface area contributed by atoms with Gasteiger partial charge in [-0.3, -0.25) is 24.4 Å². The first-order chi connectivity index (χ1) is 15.7. The number of hydrogen-bond acceptors (Lipinski definition) is 8. The lowest BCUT2D eigenvalue weighted by Gasteiger charge is -2.19. The monoisotopic (exact) mass is 484 g/mol. The van der Waals surface area contributed by atoms with Crippen LogP contribution in [0, 0.1) is 10.1 Å². The number of anilines is 1. The minimum absolute atomic E-state index is 0.0217. The molecule has 12 heteroatoms. The van der Waals surface area contributed by atoms with Crippen LogP contribution in [-0.2, 0) is 10.0 Å². The molecule has 1 unspecified atom stereocenters. The highest BCUT2D eigenvalue weighted by molar-refractivity contribution is 7.92. The molecular weight excluding hydrogens is 472 g/mol. The van der Waals surface area contributed by atoms with E-state index in [-0.39, 0.29) is 38.9 Å². The summed E-state index contributed by atoms with van der Waals surface area (Å²) in [7, 11) is -3.92. The number of Topliss-reactive ketones (excluding diaryl/α,β-unsaturated/α-hetero) is 2. The number of aliphatic imine (C=N–C) groups is 1. The van der Waals surface area contributed by atoms with Gasteiger partial charge in [0.05, 0.1) is 15.5 Å². The van der Waals surface area contributed by atoms with Crippen LogP contribution in [0.15, 0.2) is 76.7 Å². The first-order valence-corrected chi connectivity index (χ1v) is 11.2. The van der Waals surface area contributed by atoms with Crippen LogP contribution in [0.1, 0.15) is 20.7 Å². The number of aromatic nitrogens is 1. The zero-order chi connectivity index (χ0) is 23.8. The number of nitrogens with zero attached hydrogens (tertiary/aromatic N) is 3. The number of carbonyl (C=O) groups is 2. The van der Waals surface area contributed by atoms with E-state index < -0.39 is 31.9 Å². The Morgan fingerprint density at radius 2 is 1.76 bits per heavy atom. The number of nitro benzene ring substituents is 1. The largest absolute Gasteiger partial charge is 0.292 e. The third kappa shape index (κ3) is 4.36. The number of carbonyl (C=O) groups excluding carboxylic acids is 2. The normalized spacial score (nSPS) is 17.0. The van der Waals surface area contributed by atoms with E-state index >= 15 is 0 Å². The van der Waals surface area contributed by atoms with Gasteiger partial charge in [0.25, 0.3) is 15.7 Å². The van der Waals surface area contributed by atoms with Crippen molar-refractivity contribution in [2.45, 2.75) is 10.3 Å². The van der Waals surface area contributed by atoms with E-state index in [9.17, 15) is 28.1 Å². The summed E-state index contributed by atoms with van der Waals surface area (Å²) in [6.45, 7) is 0. The quantitative estimate of drug-likeness (QED) is 0.330. The molecule has 10 nitrogen and oxygen atoms in total. The van der Waals surface area contributed by atoms with Crippen molar-refractivity contribution in [2.75, 3.05) is 4.72 Å². The predicted octanol–water partition coefficient (Wildman–Crippen LogP) is 3.55. The molecule has 1 aliphatic rings. The smallest absolute Gasteiger partial charge is 0.270 e. The summed E-state index contributed by atoms with van der Waals surface area (Å²) in [4.78, 5) is 43.8. The molecule has 0 radical (unpaired) electrons. The van der Waals surface area contributed by atoms with Gasteiger partial charge in [-0.25, -0.2) is 18.4 Å². The number of non-ortho nitro benzene ring substituents is 1. The molecule has 0 saturated heterocycles. The van der Waals surface area contributed by atoms with Crippen LogP contribution in [0.2, 0.25) is 0 Å². The third-order valence-electron chi connectivity index (χ3n) is 4.73. The molecule has 1 aromatic heterocycles. The Morgan fingerprint density at radius 1 is 1.03 bits per heavy atom. The van der Waals surface area contributed by atoms with Crippen molar-refractivity contribution >= 4 is 56.1 Å². The lowest BCUT2D eigenvalue weighted by molar-refractivity contribution is -0.384. The molecule has 1 N–H and O–H groups in total. The average molecular weight is 485 g/mol. The maximum atomic E-state index is 12.9. The van der Waals surface area contributed by atoms with Gasteiger partial charge >= 0.3 is 0 Å². The van der Waals surface area contributed by atoms with Crippen molar-refractivity contribution in [3.8, 4) is 0 Å². The van der Waals surface area contributed by atoms with Crippen molar-refractivity contribution < 1.29 is 22.9 Å². The second kappa shape index (κ2) is 8.52. The molecule has 33 heavy (non-hydrogen) atoms. The van der Waals surface area contributed by atoms with Crippen molar-refractivity contribution in [3.05, 3.63) is 88.1 Å². The number of sulfonamides is 1. The summed E-state index contributed by atoms with van der Waals surface area (Å²) >= 11 is 6.15. The molecule has 0 aliphatic heterocycles. The van der Waals surface area contributed by atoms with E-state index in [2.05, 4.69) is 14.7 Å². The number of rotatable bonds is 5. The zero-order valence-corrected chi connectivity index (χ0v) is 18.1. The molecule has 0 fully saturated rings. The van der Waals surface area contributed by atoms with Gasteiger partial charge in [0, 0.05) is 29.5 Å². The van der Waals surface area contributed by atoms with E-state index in [4.69, 9.17) is 11.6 Å². The molecule has 1 aliphatic carbocycles. The molecule has 1 heterocycles. The van der Waals surface area contributed by atoms with Gasteiger partial charge in [-0.1, -0.05) is 6.07 Å². The van der Waals surface area contributed by atoms with Crippen molar-refractivity contribution in [1.29, 1.82) is 0 Å². The highest BCUT2D eigenvalue weighted by Crippen LogP contribution is 2.29. The fraction of sp³-hybridized carbons (Fsp3) is 0.0476. The number of nitrogens with one attached hydrogen (secondary N) is 1. The molecule has 0 spiro atoms. The third-order valence-corrected chi connectivity index (χ3v) is 6.50. The number of benzene rings is 2. The number of fused-ring (bicyclic) bond motifs is 1. The van der Waals surface area contributed by atoms with E-state index in [1.807, 2.05) is 0 Å². The Hall–Kier alpha value is -3.96. The molecule has 0 bridgehead atoms. The van der Waals surface area contributed by atoms with Gasteiger partial charge in [-0.05, 0) is 42.5 Å². The summed E-state index contributed by atoms with van der Waals surface area (Å²) in [6.07, 6.45) is 1.44. The van der Waals surface area contributed by atoms with Crippen LogP contribution in [0.25, 0.3) is 0 Å². The molecule has 1 atom stereocenters. The fourth-order valence-corrected chi connectivity index (χ4v) is 4.40. The van der Waals surface area contributed by atoms with Crippen molar-refractivity contribution in [1.82, 2.24) is 4.98 Å².